The first-order valence-corrected chi connectivity index (χ1v) is 13.4. The summed E-state index contributed by atoms with van der Waals surface area (Å²) in [6, 6.07) is 4.44. The van der Waals surface area contributed by atoms with Gasteiger partial charge in [-0.1, -0.05) is 29.8 Å². The molecular weight excluding hydrogens is 458 g/mol. The number of hydrogen-bond donors (Lipinski definition) is 1. The van der Waals surface area contributed by atoms with Crippen LogP contribution in [0.15, 0.2) is 28.3 Å². The van der Waals surface area contributed by atoms with Crippen molar-refractivity contribution in [2.75, 3.05) is 24.2 Å². The van der Waals surface area contributed by atoms with Crippen LogP contribution in [0.2, 0.25) is 5.02 Å². The van der Waals surface area contributed by atoms with Gasteiger partial charge in [0.15, 0.2) is 5.16 Å². The number of halogens is 1. The van der Waals surface area contributed by atoms with E-state index in [2.05, 4.69) is 20.1 Å². The quantitative estimate of drug-likeness (QED) is 0.574. The first-order valence-electron chi connectivity index (χ1n) is 10.6. The second-order valence-corrected chi connectivity index (χ2v) is 11.1. The van der Waals surface area contributed by atoms with Crippen LogP contribution in [-0.4, -0.2) is 52.2 Å². The van der Waals surface area contributed by atoms with Crippen LogP contribution in [0.1, 0.15) is 50.8 Å². The van der Waals surface area contributed by atoms with Gasteiger partial charge in [-0.05, 0) is 50.8 Å². The van der Waals surface area contributed by atoms with Crippen LogP contribution < -0.4 is 5.32 Å². The standard InChI is InChI=1S/C20H26ClN5O3S2/c1-2-26-19(14-6-7-14)23-24-20(26)30-13-18(27)22-17-12-15(8-9-16(17)21)31(28,29)25-10-4-3-5-11-25/h8-9,12,14H,2-7,10-11,13H2,1H3,(H,22,27). The van der Waals surface area contributed by atoms with Crippen LogP contribution >= 0.6 is 23.4 Å². The fraction of sp³-hybridized carbons (Fsp3) is 0.550. The van der Waals surface area contributed by atoms with Crippen LogP contribution in [0.4, 0.5) is 5.69 Å². The highest BCUT2D eigenvalue weighted by Gasteiger charge is 2.30. The Hall–Kier alpha value is -1.62. The average molecular weight is 484 g/mol. The summed E-state index contributed by atoms with van der Waals surface area (Å²) in [5.74, 6) is 1.32. The van der Waals surface area contributed by atoms with Crippen LogP contribution in [0.25, 0.3) is 0 Å². The number of anilines is 1. The maximum atomic E-state index is 12.9. The third kappa shape index (κ3) is 5.08. The molecule has 31 heavy (non-hydrogen) atoms. The molecule has 1 aliphatic heterocycles. The largest absolute Gasteiger partial charge is 0.324 e. The molecule has 1 N–H and O–H groups in total. The van der Waals surface area contributed by atoms with Crippen molar-refractivity contribution in [1.29, 1.82) is 0 Å². The summed E-state index contributed by atoms with van der Waals surface area (Å²) < 4.78 is 29.4. The minimum atomic E-state index is -3.60. The number of carbonyl (C=O) groups is 1. The van der Waals surface area contributed by atoms with Gasteiger partial charge in [-0.3, -0.25) is 4.79 Å². The highest BCUT2D eigenvalue weighted by atomic mass is 35.5. The lowest BCUT2D eigenvalue weighted by atomic mass is 10.2. The molecule has 8 nitrogen and oxygen atoms in total. The molecule has 2 aromatic rings. The Balaban J connectivity index is 1.43. The number of nitrogens with one attached hydrogen (secondary N) is 1. The van der Waals surface area contributed by atoms with Crippen molar-refractivity contribution in [1.82, 2.24) is 19.1 Å². The van der Waals surface area contributed by atoms with Gasteiger partial charge in [0.1, 0.15) is 5.82 Å². The highest BCUT2D eigenvalue weighted by Crippen LogP contribution is 2.40. The third-order valence-electron chi connectivity index (χ3n) is 5.50. The number of sulfonamides is 1. The van der Waals surface area contributed by atoms with Crippen molar-refractivity contribution in [2.45, 2.75) is 61.5 Å². The number of rotatable bonds is 8. The molecule has 2 aliphatic rings. The molecule has 0 radical (unpaired) electrons. The van der Waals surface area contributed by atoms with Crippen molar-refractivity contribution in [3.05, 3.63) is 29.0 Å². The molecule has 4 rings (SSSR count). The molecule has 2 heterocycles. The van der Waals surface area contributed by atoms with Gasteiger partial charge >= 0.3 is 0 Å². The van der Waals surface area contributed by atoms with E-state index in [1.165, 1.54) is 34.3 Å². The lowest BCUT2D eigenvalue weighted by Crippen LogP contribution is -2.35. The topological polar surface area (TPSA) is 97.2 Å². The van der Waals surface area contributed by atoms with Crippen LogP contribution in [0.5, 0.6) is 0 Å². The predicted molar refractivity (Wildman–Crippen MR) is 121 cm³/mol. The molecule has 0 atom stereocenters. The Kier molecular flexibility index (Phi) is 6.90. The van der Waals surface area contributed by atoms with E-state index in [4.69, 9.17) is 11.6 Å². The summed E-state index contributed by atoms with van der Waals surface area (Å²) in [6.45, 7) is 3.83. The Morgan fingerprint density at radius 1 is 1.23 bits per heavy atom. The highest BCUT2D eigenvalue weighted by molar-refractivity contribution is 7.99. The van der Waals surface area contributed by atoms with E-state index in [1.807, 2.05) is 6.92 Å². The van der Waals surface area contributed by atoms with E-state index in [0.29, 0.717) is 34.9 Å². The van der Waals surface area contributed by atoms with Crippen LogP contribution in [0.3, 0.4) is 0 Å². The van der Waals surface area contributed by atoms with Gasteiger partial charge in [-0.15, -0.1) is 10.2 Å². The molecule has 1 saturated carbocycles. The van der Waals surface area contributed by atoms with Crippen molar-refractivity contribution in [3.63, 3.8) is 0 Å². The van der Waals surface area contributed by atoms with Crippen molar-refractivity contribution in [2.24, 2.45) is 0 Å². The van der Waals surface area contributed by atoms with Gasteiger partial charge in [0.05, 0.1) is 21.4 Å². The van der Waals surface area contributed by atoms with E-state index in [9.17, 15) is 13.2 Å². The van der Waals surface area contributed by atoms with Gasteiger partial charge in [-0.2, -0.15) is 4.31 Å². The van der Waals surface area contributed by atoms with Gasteiger partial charge in [-0.25, -0.2) is 8.42 Å². The number of carbonyl (C=O) groups excluding carboxylic acids is 1. The predicted octanol–water partition coefficient (Wildman–Crippen LogP) is 3.73. The number of nitrogens with zero attached hydrogens (tertiary/aromatic N) is 4. The Morgan fingerprint density at radius 3 is 2.65 bits per heavy atom. The Labute approximate surface area is 191 Å². The van der Waals surface area contributed by atoms with Crippen molar-refractivity contribution in [3.8, 4) is 0 Å². The lowest BCUT2D eigenvalue weighted by molar-refractivity contribution is -0.113. The molecule has 0 bridgehead atoms. The molecule has 1 aromatic carbocycles. The Bertz CT molecular complexity index is 1060. The minimum Gasteiger partial charge on any atom is -0.324 e. The SMILES string of the molecule is CCn1c(SCC(=O)Nc2cc(S(=O)(=O)N3CCCCC3)ccc2Cl)nnc1C1CC1. The summed E-state index contributed by atoms with van der Waals surface area (Å²) in [5.41, 5.74) is 0.293. The monoisotopic (exact) mass is 483 g/mol. The zero-order valence-corrected chi connectivity index (χ0v) is 19.8. The number of hydrogen-bond acceptors (Lipinski definition) is 6. The zero-order valence-electron chi connectivity index (χ0n) is 17.4. The first kappa shape index (κ1) is 22.6. The molecular formula is C20H26ClN5O3S2. The number of thioether (sulfide) groups is 1. The molecule has 1 aliphatic carbocycles. The lowest BCUT2D eigenvalue weighted by Gasteiger charge is -2.26. The first-order chi connectivity index (χ1) is 14.9. The molecule has 2 fully saturated rings. The van der Waals surface area contributed by atoms with Gasteiger partial charge in [0, 0.05) is 25.6 Å². The minimum absolute atomic E-state index is 0.127. The van der Waals surface area contributed by atoms with E-state index in [0.717, 1.165) is 44.5 Å². The normalized spacial score (nSPS) is 17.6. The molecule has 1 saturated heterocycles. The van der Waals surface area contributed by atoms with Gasteiger partial charge in [0.25, 0.3) is 0 Å². The summed E-state index contributed by atoms with van der Waals surface area (Å²) >= 11 is 7.54. The number of amides is 1. The van der Waals surface area contributed by atoms with Crippen LogP contribution in [0, 0.1) is 0 Å². The van der Waals surface area contributed by atoms with E-state index in [-0.39, 0.29) is 16.6 Å². The summed E-state index contributed by atoms with van der Waals surface area (Å²) in [6.07, 6.45) is 5.04. The smallest absolute Gasteiger partial charge is 0.243 e. The maximum Gasteiger partial charge on any atom is 0.243 e. The summed E-state index contributed by atoms with van der Waals surface area (Å²) in [5, 5.41) is 12.3. The number of aromatic nitrogens is 3. The fourth-order valence-corrected chi connectivity index (χ4v) is 6.20. The zero-order chi connectivity index (χ0) is 22.0. The molecule has 1 aromatic heterocycles. The molecule has 168 valence electrons. The third-order valence-corrected chi connectivity index (χ3v) is 8.69. The average Bonchev–Trinajstić information content (AvgIpc) is 3.53. The maximum absolute atomic E-state index is 12.9. The van der Waals surface area contributed by atoms with Crippen molar-refractivity contribution >= 4 is 45.0 Å². The van der Waals surface area contributed by atoms with E-state index in [1.54, 1.807) is 0 Å². The fourth-order valence-electron chi connectivity index (χ4n) is 3.68. The molecule has 1 amide bonds. The Morgan fingerprint density at radius 2 is 1.97 bits per heavy atom. The van der Waals surface area contributed by atoms with Crippen molar-refractivity contribution < 1.29 is 13.2 Å². The summed E-state index contributed by atoms with van der Waals surface area (Å²) in [4.78, 5) is 12.7. The molecule has 0 unspecified atom stereocenters. The van der Waals surface area contributed by atoms with E-state index >= 15 is 0 Å². The van der Waals surface area contributed by atoms with Gasteiger partial charge < -0.3 is 9.88 Å². The summed E-state index contributed by atoms with van der Waals surface area (Å²) in [7, 11) is -3.60. The van der Waals surface area contributed by atoms with E-state index < -0.39 is 10.0 Å². The second kappa shape index (κ2) is 9.48. The molecule has 0 spiro atoms. The van der Waals surface area contributed by atoms with Crippen LogP contribution in [-0.2, 0) is 21.4 Å². The number of benzene rings is 1. The second-order valence-electron chi connectivity index (χ2n) is 7.80. The number of piperidine rings is 1. The molecule has 11 heteroatoms. The van der Waals surface area contributed by atoms with Gasteiger partial charge in [0.2, 0.25) is 15.9 Å².